The van der Waals surface area contributed by atoms with Crippen molar-refractivity contribution in [2.45, 2.75) is 33.1 Å². The fourth-order valence-electron chi connectivity index (χ4n) is 3.72. The number of hydrogen-bond donors (Lipinski definition) is 0. The van der Waals surface area contributed by atoms with E-state index in [-0.39, 0.29) is 5.91 Å². The first kappa shape index (κ1) is 17.8. The summed E-state index contributed by atoms with van der Waals surface area (Å²) in [4.78, 5) is 14.8. The Morgan fingerprint density at radius 3 is 2.63 bits per heavy atom. The van der Waals surface area contributed by atoms with Crippen LogP contribution in [0.25, 0.3) is 5.69 Å². The normalized spacial score (nSPS) is 12.9. The molecule has 0 saturated carbocycles. The van der Waals surface area contributed by atoms with Crippen molar-refractivity contribution in [3.8, 4) is 5.69 Å². The number of hydrogen-bond acceptors (Lipinski definition) is 2. The average molecular weight is 380 g/mol. The Morgan fingerprint density at radius 1 is 1.11 bits per heavy atom. The van der Waals surface area contributed by atoms with Gasteiger partial charge in [-0.05, 0) is 74.6 Å². The quantitative estimate of drug-likeness (QED) is 0.648. The van der Waals surface area contributed by atoms with E-state index in [1.807, 2.05) is 51.2 Å². The number of nitrogens with zero attached hydrogens (tertiary/aromatic N) is 3. The van der Waals surface area contributed by atoms with Crippen LogP contribution in [0.5, 0.6) is 0 Å². The summed E-state index contributed by atoms with van der Waals surface area (Å²) in [7, 11) is 1.83. The Hall–Kier alpha value is -2.59. The highest BCUT2D eigenvalue weighted by Gasteiger charge is 2.18. The molecule has 0 spiro atoms. The summed E-state index contributed by atoms with van der Waals surface area (Å²) in [5.74, 6) is -0.0394. The Bertz CT molecular complexity index is 1040. The van der Waals surface area contributed by atoms with Gasteiger partial charge in [-0.1, -0.05) is 23.7 Å². The minimum absolute atomic E-state index is 0.0394. The Morgan fingerprint density at radius 2 is 1.89 bits per heavy atom. The highest BCUT2D eigenvalue weighted by Crippen LogP contribution is 2.28. The molecule has 0 bridgehead atoms. The number of carbonyl (C=O) groups excluding carboxylic acids is 1. The number of anilines is 1. The van der Waals surface area contributed by atoms with Crippen LogP contribution < -0.4 is 4.90 Å². The Labute approximate surface area is 164 Å². The van der Waals surface area contributed by atoms with Crippen molar-refractivity contribution in [2.75, 3.05) is 11.9 Å². The standard InChI is InChI=1S/C22H22ClN3O/c1-14-21(23)15(2)26(24-14)20-9-5-8-18(13-20)22(27)25(3)19-11-10-16-6-4-7-17(16)12-19/h5,8-13H,4,6-7H2,1-3H3. The fourth-order valence-corrected chi connectivity index (χ4v) is 3.84. The Kier molecular flexibility index (Phi) is 4.52. The van der Waals surface area contributed by atoms with Crippen LogP contribution >= 0.6 is 11.6 Å². The third-order valence-corrected chi connectivity index (χ3v) is 5.86. The van der Waals surface area contributed by atoms with E-state index >= 15 is 0 Å². The van der Waals surface area contributed by atoms with E-state index in [4.69, 9.17) is 11.6 Å². The van der Waals surface area contributed by atoms with Crippen LogP contribution in [0.15, 0.2) is 42.5 Å². The van der Waals surface area contributed by atoms with Crippen molar-refractivity contribution in [2.24, 2.45) is 0 Å². The molecule has 1 aliphatic carbocycles. The molecule has 27 heavy (non-hydrogen) atoms. The van der Waals surface area contributed by atoms with Gasteiger partial charge in [0.25, 0.3) is 5.91 Å². The second kappa shape index (κ2) is 6.86. The van der Waals surface area contributed by atoms with Crippen molar-refractivity contribution >= 4 is 23.2 Å². The lowest BCUT2D eigenvalue weighted by molar-refractivity contribution is 0.0993. The molecule has 0 atom stereocenters. The lowest BCUT2D eigenvalue weighted by Gasteiger charge is -2.19. The number of benzene rings is 2. The van der Waals surface area contributed by atoms with Crippen LogP contribution in [0.3, 0.4) is 0 Å². The Balaban J connectivity index is 1.65. The van der Waals surface area contributed by atoms with E-state index in [2.05, 4.69) is 17.2 Å². The highest BCUT2D eigenvalue weighted by atomic mass is 35.5. The van der Waals surface area contributed by atoms with E-state index in [1.54, 1.807) is 9.58 Å². The summed E-state index contributed by atoms with van der Waals surface area (Å²) in [5, 5.41) is 5.14. The molecule has 1 heterocycles. The van der Waals surface area contributed by atoms with Crippen LogP contribution in [-0.2, 0) is 12.8 Å². The van der Waals surface area contributed by atoms with Crippen LogP contribution in [0.4, 0.5) is 5.69 Å². The van der Waals surface area contributed by atoms with Crippen molar-refractivity contribution in [1.82, 2.24) is 9.78 Å². The summed E-state index contributed by atoms with van der Waals surface area (Å²) in [6.07, 6.45) is 3.43. The number of carbonyl (C=O) groups is 1. The fraction of sp³-hybridized carbons (Fsp3) is 0.273. The predicted molar refractivity (Wildman–Crippen MR) is 109 cm³/mol. The van der Waals surface area contributed by atoms with Gasteiger partial charge in [0.2, 0.25) is 0 Å². The minimum Gasteiger partial charge on any atom is -0.311 e. The van der Waals surface area contributed by atoms with E-state index in [0.29, 0.717) is 10.6 Å². The second-order valence-corrected chi connectivity index (χ2v) is 7.50. The summed E-state index contributed by atoms with van der Waals surface area (Å²) in [5.41, 5.74) is 6.79. The number of fused-ring (bicyclic) bond motifs is 1. The predicted octanol–water partition coefficient (Wildman–Crippen LogP) is 4.91. The average Bonchev–Trinajstić information content (AvgIpc) is 3.26. The SMILES string of the molecule is Cc1nn(-c2cccc(C(=O)N(C)c3ccc4c(c3)CCC4)c2)c(C)c1Cl. The zero-order valence-corrected chi connectivity index (χ0v) is 16.5. The third kappa shape index (κ3) is 3.15. The van der Waals surface area contributed by atoms with Gasteiger partial charge >= 0.3 is 0 Å². The smallest absolute Gasteiger partial charge is 0.258 e. The summed E-state index contributed by atoms with van der Waals surface area (Å²) < 4.78 is 1.78. The maximum atomic E-state index is 13.1. The highest BCUT2D eigenvalue weighted by molar-refractivity contribution is 6.31. The largest absolute Gasteiger partial charge is 0.311 e. The van der Waals surface area contributed by atoms with Crippen molar-refractivity contribution in [3.05, 3.63) is 75.6 Å². The first-order chi connectivity index (χ1) is 13.0. The maximum Gasteiger partial charge on any atom is 0.258 e. The molecule has 4 rings (SSSR count). The maximum absolute atomic E-state index is 13.1. The van der Waals surface area contributed by atoms with Gasteiger partial charge in [0.1, 0.15) is 0 Å². The molecular weight excluding hydrogens is 358 g/mol. The monoisotopic (exact) mass is 379 g/mol. The molecule has 0 radical (unpaired) electrons. The van der Waals surface area contributed by atoms with Gasteiger partial charge in [-0.25, -0.2) is 4.68 Å². The lowest BCUT2D eigenvalue weighted by Crippen LogP contribution is -2.26. The molecule has 5 heteroatoms. The molecule has 138 valence electrons. The van der Waals surface area contributed by atoms with Gasteiger partial charge in [-0.15, -0.1) is 0 Å². The third-order valence-electron chi connectivity index (χ3n) is 5.31. The van der Waals surface area contributed by atoms with Gasteiger partial charge in [0, 0.05) is 18.3 Å². The summed E-state index contributed by atoms with van der Waals surface area (Å²) in [6.45, 7) is 3.80. The molecule has 0 aliphatic heterocycles. The van der Waals surface area contributed by atoms with Crippen LogP contribution in [-0.4, -0.2) is 22.7 Å². The van der Waals surface area contributed by atoms with E-state index in [9.17, 15) is 4.79 Å². The topological polar surface area (TPSA) is 38.1 Å². The van der Waals surface area contributed by atoms with Gasteiger partial charge < -0.3 is 4.90 Å². The van der Waals surface area contributed by atoms with Crippen LogP contribution in [0.1, 0.15) is 39.3 Å². The van der Waals surface area contributed by atoms with Gasteiger partial charge in [-0.3, -0.25) is 4.79 Å². The molecule has 1 aliphatic rings. The van der Waals surface area contributed by atoms with E-state index in [0.717, 1.165) is 35.6 Å². The van der Waals surface area contributed by atoms with Crippen LogP contribution in [0.2, 0.25) is 5.02 Å². The van der Waals surface area contributed by atoms with Gasteiger partial charge in [0.05, 0.1) is 22.1 Å². The van der Waals surface area contributed by atoms with Gasteiger partial charge in [0.15, 0.2) is 0 Å². The molecular formula is C22H22ClN3O. The van der Waals surface area contributed by atoms with Gasteiger partial charge in [-0.2, -0.15) is 5.10 Å². The zero-order chi connectivity index (χ0) is 19.1. The van der Waals surface area contributed by atoms with Crippen LogP contribution in [0, 0.1) is 13.8 Å². The lowest BCUT2D eigenvalue weighted by atomic mass is 10.1. The molecule has 2 aromatic carbocycles. The molecule has 0 fully saturated rings. The number of aromatic nitrogens is 2. The minimum atomic E-state index is -0.0394. The van der Waals surface area contributed by atoms with E-state index in [1.165, 1.54) is 17.5 Å². The molecule has 0 unspecified atom stereocenters. The summed E-state index contributed by atoms with van der Waals surface area (Å²) in [6, 6.07) is 13.8. The second-order valence-electron chi connectivity index (χ2n) is 7.12. The number of amides is 1. The van der Waals surface area contributed by atoms with Crippen molar-refractivity contribution in [1.29, 1.82) is 0 Å². The first-order valence-corrected chi connectivity index (χ1v) is 9.55. The molecule has 1 aromatic heterocycles. The zero-order valence-electron chi connectivity index (χ0n) is 15.8. The molecule has 0 N–H and O–H groups in total. The first-order valence-electron chi connectivity index (χ1n) is 9.17. The molecule has 3 aromatic rings. The molecule has 0 saturated heterocycles. The number of aryl methyl sites for hydroxylation is 3. The number of rotatable bonds is 3. The summed E-state index contributed by atoms with van der Waals surface area (Å²) >= 11 is 6.27. The molecule has 4 nitrogen and oxygen atoms in total. The van der Waals surface area contributed by atoms with Crippen molar-refractivity contribution < 1.29 is 4.79 Å². The van der Waals surface area contributed by atoms with Crippen molar-refractivity contribution in [3.63, 3.8) is 0 Å². The molecule has 1 amide bonds. The van der Waals surface area contributed by atoms with E-state index < -0.39 is 0 Å². The number of halogens is 1.